The second-order valence-electron chi connectivity index (χ2n) is 10.6. The van der Waals surface area contributed by atoms with Crippen LogP contribution in [-0.4, -0.2) is 106 Å². The van der Waals surface area contributed by atoms with E-state index in [2.05, 4.69) is 47.0 Å². The number of likely N-dealkylation sites (N-methyl/N-ethyl adjacent to an activating group) is 1. The molecule has 0 bridgehead atoms. The number of ether oxygens (including phenoxy) is 1. The first-order valence-electron chi connectivity index (χ1n) is 13.3. The highest BCUT2D eigenvalue weighted by molar-refractivity contribution is 5.85. The van der Waals surface area contributed by atoms with Crippen molar-refractivity contribution < 1.29 is 19.4 Å². The highest BCUT2D eigenvalue weighted by Crippen LogP contribution is 2.37. The third-order valence-corrected chi connectivity index (χ3v) is 8.23. The molecule has 3 aliphatic rings. The molecule has 2 N–H and O–H groups in total. The van der Waals surface area contributed by atoms with E-state index in [4.69, 9.17) is 4.74 Å². The van der Waals surface area contributed by atoms with E-state index in [0.717, 1.165) is 77.0 Å². The third-order valence-electron chi connectivity index (χ3n) is 8.23. The number of urea groups is 1. The van der Waals surface area contributed by atoms with Gasteiger partial charge in [0.25, 0.3) is 0 Å². The van der Waals surface area contributed by atoms with E-state index < -0.39 is 12.1 Å². The number of aromatic nitrogens is 2. The van der Waals surface area contributed by atoms with E-state index in [0.29, 0.717) is 32.8 Å². The number of carboxylic acid groups (broad SMARTS) is 1. The van der Waals surface area contributed by atoms with Crippen LogP contribution in [0.15, 0.2) is 30.6 Å². The van der Waals surface area contributed by atoms with Crippen LogP contribution in [0.3, 0.4) is 0 Å². The number of carbonyl (C=O) groups is 2. The highest BCUT2D eigenvalue weighted by Gasteiger charge is 2.34. The molecule has 2 fully saturated rings. The van der Waals surface area contributed by atoms with Crippen LogP contribution < -0.4 is 0 Å². The Bertz CT molecular complexity index is 1380. The summed E-state index contributed by atoms with van der Waals surface area (Å²) in [5.41, 5.74) is 7.07. The van der Waals surface area contributed by atoms with Gasteiger partial charge < -0.3 is 29.5 Å². The molecule has 0 spiro atoms. The minimum Gasteiger partial charge on any atom is -0.465 e. The van der Waals surface area contributed by atoms with Crippen LogP contribution in [0.2, 0.25) is 0 Å². The number of morpholine rings is 1. The Morgan fingerprint density at radius 1 is 1.05 bits per heavy atom. The van der Waals surface area contributed by atoms with Crippen molar-refractivity contribution in [1.82, 2.24) is 29.6 Å². The third kappa shape index (κ3) is 4.48. The summed E-state index contributed by atoms with van der Waals surface area (Å²) in [6.07, 6.45) is 3.58. The van der Waals surface area contributed by atoms with Crippen molar-refractivity contribution in [2.45, 2.75) is 25.9 Å². The van der Waals surface area contributed by atoms with Crippen LogP contribution >= 0.6 is 0 Å². The summed E-state index contributed by atoms with van der Waals surface area (Å²) < 4.78 is 5.78. The lowest BCUT2D eigenvalue weighted by Crippen LogP contribution is -2.53. The van der Waals surface area contributed by atoms with E-state index in [9.17, 15) is 14.7 Å². The van der Waals surface area contributed by atoms with Crippen LogP contribution in [-0.2, 0) is 17.7 Å². The molecule has 0 radical (unpaired) electrons. The molecule has 1 atom stereocenters. The van der Waals surface area contributed by atoms with Gasteiger partial charge in [-0.15, -0.1) is 0 Å². The fourth-order valence-corrected chi connectivity index (χ4v) is 5.91. The molecule has 0 aliphatic carbocycles. The van der Waals surface area contributed by atoms with Crippen LogP contribution in [0.5, 0.6) is 0 Å². The number of piperazine rings is 1. The number of fused-ring (bicyclic) bond motifs is 2. The van der Waals surface area contributed by atoms with Gasteiger partial charge in [-0.25, -0.2) is 14.6 Å². The Morgan fingerprint density at radius 2 is 1.87 bits per heavy atom. The van der Waals surface area contributed by atoms with Gasteiger partial charge in [-0.1, -0.05) is 6.07 Å². The number of carbonyl (C=O) groups excluding carboxylic acids is 1. The van der Waals surface area contributed by atoms with Crippen LogP contribution in [0.25, 0.3) is 22.2 Å². The standard InChI is InChI=1S/C28H34N6O4/c1-18-14-29-26-22(18)13-21(15-30-26)20-11-19-3-4-33(27(35)32-7-5-31(2)6-8-32)16-24(19)23(12-20)25-17-38-10-9-34(25)28(36)37/h11-15,25H,3-10,16-17H2,1-2H3,(H,29,30)(H,36,37)/t25-/m0/s1. The molecular weight excluding hydrogens is 484 g/mol. The largest absolute Gasteiger partial charge is 0.465 e. The van der Waals surface area contributed by atoms with E-state index >= 15 is 0 Å². The van der Waals surface area contributed by atoms with Crippen LogP contribution in [0, 0.1) is 6.92 Å². The maximum absolute atomic E-state index is 13.4. The molecule has 2 aromatic heterocycles. The van der Waals surface area contributed by atoms with Crippen molar-refractivity contribution >= 4 is 23.2 Å². The second kappa shape index (κ2) is 9.92. The summed E-state index contributed by atoms with van der Waals surface area (Å²) >= 11 is 0. The molecule has 6 rings (SSSR count). The number of aryl methyl sites for hydroxylation is 1. The topological polar surface area (TPSA) is 105 Å². The van der Waals surface area contributed by atoms with Crippen molar-refractivity contribution in [3.63, 3.8) is 0 Å². The molecule has 0 unspecified atom stereocenters. The summed E-state index contributed by atoms with van der Waals surface area (Å²) in [6, 6.07) is 6.04. The van der Waals surface area contributed by atoms with Gasteiger partial charge in [0.15, 0.2) is 0 Å². The van der Waals surface area contributed by atoms with E-state index in [1.165, 1.54) is 4.90 Å². The average molecular weight is 519 g/mol. The van der Waals surface area contributed by atoms with E-state index in [-0.39, 0.29) is 6.03 Å². The van der Waals surface area contributed by atoms with Crippen LogP contribution in [0.4, 0.5) is 9.59 Å². The lowest BCUT2D eigenvalue weighted by atomic mass is 9.87. The molecule has 5 heterocycles. The summed E-state index contributed by atoms with van der Waals surface area (Å²) in [4.78, 5) is 41.0. The number of aromatic amines is 1. The Balaban J connectivity index is 1.40. The number of nitrogens with one attached hydrogen (secondary N) is 1. The average Bonchev–Trinajstić information content (AvgIpc) is 3.32. The SMILES string of the molecule is Cc1c[nH]c2ncc(-c3cc4c(c([C@@H]5COCCN5C(=O)O)c3)CN(C(=O)N3CCN(C)CC3)CC4)cc12. The molecule has 2 saturated heterocycles. The summed E-state index contributed by atoms with van der Waals surface area (Å²) in [7, 11) is 2.08. The number of pyridine rings is 1. The molecule has 10 heteroatoms. The summed E-state index contributed by atoms with van der Waals surface area (Å²) in [5, 5.41) is 11.1. The van der Waals surface area contributed by atoms with Gasteiger partial charge in [0.1, 0.15) is 5.65 Å². The molecule has 38 heavy (non-hydrogen) atoms. The van der Waals surface area contributed by atoms with Gasteiger partial charge in [-0.05, 0) is 60.3 Å². The number of amides is 3. The van der Waals surface area contributed by atoms with Crippen molar-refractivity contribution in [2.75, 3.05) is 59.5 Å². The van der Waals surface area contributed by atoms with Crippen molar-refractivity contribution in [3.05, 3.63) is 52.8 Å². The molecule has 1 aromatic carbocycles. The maximum Gasteiger partial charge on any atom is 0.407 e. The van der Waals surface area contributed by atoms with E-state index in [1.807, 2.05) is 22.2 Å². The van der Waals surface area contributed by atoms with Crippen molar-refractivity contribution in [3.8, 4) is 11.1 Å². The van der Waals surface area contributed by atoms with Gasteiger partial charge in [0.2, 0.25) is 0 Å². The zero-order valence-electron chi connectivity index (χ0n) is 21.9. The first-order valence-corrected chi connectivity index (χ1v) is 13.3. The van der Waals surface area contributed by atoms with E-state index in [1.54, 1.807) is 0 Å². The molecule has 200 valence electrons. The Hall–Kier alpha value is -3.63. The number of hydrogen-bond donors (Lipinski definition) is 2. The number of nitrogens with zero attached hydrogens (tertiary/aromatic N) is 5. The zero-order chi connectivity index (χ0) is 26.4. The number of benzene rings is 1. The molecular formula is C28H34N6O4. The Kier molecular flexibility index (Phi) is 6.45. The smallest absolute Gasteiger partial charge is 0.407 e. The van der Waals surface area contributed by atoms with Crippen LogP contribution in [0.1, 0.15) is 28.3 Å². The van der Waals surface area contributed by atoms with Gasteiger partial charge in [-0.3, -0.25) is 4.90 Å². The zero-order valence-corrected chi connectivity index (χ0v) is 21.9. The number of H-pyrrole nitrogens is 1. The monoisotopic (exact) mass is 518 g/mol. The normalized spacial score (nSPS) is 20.6. The van der Waals surface area contributed by atoms with Crippen molar-refractivity contribution in [1.29, 1.82) is 0 Å². The second-order valence-corrected chi connectivity index (χ2v) is 10.6. The van der Waals surface area contributed by atoms with Crippen molar-refractivity contribution in [2.24, 2.45) is 0 Å². The number of hydrogen-bond acceptors (Lipinski definition) is 5. The summed E-state index contributed by atoms with van der Waals surface area (Å²) in [6.45, 7) is 7.34. The van der Waals surface area contributed by atoms with Gasteiger partial charge in [0.05, 0.1) is 19.3 Å². The predicted molar refractivity (Wildman–Crippen MR) is 143 cm³/mol. The molecule has 3 amide bonds. The Morgan fingerprint density at radius 3 is 2.66 bits per heavy atom. The minimum atomic E-state index is -0.954. The highest BCUT2D eigenvalue weighted by atomic mass is 16.5. The van der Waals surface area contributed by atoms with Gasteiger partial charge in [0, 0.05) is 69.2 Å². The fraction of sp³-hybridized carbons (Fsp3) is 0.464. The van der Waals surface area contributed by atoms with Gasteiger partial charge in [-0.2, -0.15) is 0 Å². The summed E-state index contributed by atoms with van der Waals surface area (Å²) in [5.74, 6) is 0. The first-order chi connectivity index (χ1) is 18.4. The molecule has 3 aromatic rings. The molecule has 10 nitrogen and oxygen atoms in total. The lowest BCUT2D eigenvalue weighted by molar-refractivity contribution is -0.00143. The first kappa shape index (κ1) is 24.7. The number of rotatable bonds is 2. The quantitative estimate of drug-likeness (QED) is 0.539. The molecule has 0 saturated carbocycles. The Labute approximate surface area is 221 Å². The van der Waals surface area contributed by atoms with Gasteiger partial charge >= 0.3 is 12.1 Å². The minimum absolute atomic E-state index is 0.0614. The maximum atomic E-state index is 13.4. The fourth-order valence-electron chi connectivity index (χ4n) is 5.91. The molecule has 3 aliphatic heterocycles. The lowest BCUT2D eigenvalue weighted by Gasteiger charge is -2.40. The predicted octanol–water partition coefficient (Wildman–Crippen LogP) is 3.32.